The number of nitrogens with one attached hydrogen (secondary N) is 3. The highest BCUT2D eigenvalue weighted by Gasteiger charge is 2.13. The number of amides is 2. The topological polar surface area (TPSA) is 103 Å². The van der Waals surface area contributed by atoms with Crippen LogP contribution in [0.5, 0.6) is 0 Å². The van der Waals surface area contributed by atoms with E-state index in [1.54, 1.807) is 25.1 Å². The third-order valence-electron chi connectivity index (χ3n) is 2.21. The van der Waals surface area contributed by atoms with Crippen molar-refractivity contribution in [3.05, 3.63) is 40.0 Å². The molecule has 7 nitrogen and oxygen atoms in total. The second-order valence-electron chi connectivity index (χ2n) is 3.74. The fourth-order valence-electron chi connectivity index (χ4n) is 1.25. The molecule has 1 rings (SSSR count). The molecule has 116 valence electrons. The Labute approximate surface area is 136 Å². The van der Waals surface area contributed by atoms with E-state index in [2.05, 4.69) is 15.6 Å². The Morgan fingerprint density at radius 2 is 2.14 bits per heavy atom. The van der Waals surface area contributed by atoms with Crippen molar-refractivity contribution in [1.29, 1.82) is 5.26 Å². The molecule has 0 aromatic heterocycles. The summed E-state index contributed by atoms with van der Waals surface area (Å²) in [4.78, 5) is 22.7. The molecule has 1 aromatic carbocycles. The first-order valence-corrected chi connectivity index (χ1v) is 6.78. The van der Waals surface area contributed by atoms with Crippen LogP contribution in [0.2, 0.25) is 10.0 Å². The summed E-state index contributed by atoms with van der Waals surface area (Å²) in [6.45, 7) is 1.70. The molecule has 0 aliphatic heterocycles. The summed E-state index contributed by atoms with van der Waals surface area (Å²) in [6, 6.07) is 6.39. The predicted octanol–water partition coefficient (Wildman–Crippen LogP) is 2.59. The zero-order valence-electron chi connectivity index (χ0n) is 11.4. The Kier molecular flexibility index (Phi) is 7.02. The summed E-state index contributed by atoms with van der Waals surface area (Å²) in [6.07, 6.45) is 0.154. The van der Waals surface area contributed by atoms with Crippen molar-refractivity contribution in [3.8, 4) is 6.07 Å². The molecule has 0 heterocycles. The number of hydrogen-bond acceptors (Lipinski definition) is 6. The second-order valence-corrected chi connectivity index (χ2v) is 4.58. The average Bonchev–Trinajstić information content (AvgIpc) is 2.45. The van der Waals surface area contributed by atoms with E-state index in [9.17, 15) is 9.59 Å². The molecule has 0 saturated carbocycles. The van der Waals surface area contributed by atoms with Crippen molar-refractivity contribution in [2.75, 3.05) is 12.0 Å². The molecule has 3 N–H and O–H groups in total. The number of anilines is 1. The van der Waals surface area contributed by atoms with Gasteiger partial charge in [0.05, 0.1) is 17.3 Å². The van der Waals surface area contributed by atoms with Crippen LogP contribution in [0, 0.1) is 11.3 Å². The molecule has 0 fully saturated rings. The van der Waals surface area contributed by atoms with Crippen molar-refractivity contribution >= 4 is 40.9 Å². The molecule has 0 aliphatic carbocycles. The summed E-state index contributed by atoms with van der Waals surface area (Å²) >= 11 is 11.7. The van der Waals surface area contributed by atoms with E-state index >= 15 is 0 Å². The largest absolute Gasteiger partial charge is 0.450 e. The number of carbonyl (C=O) groups is 2. The lowest BCUT2D eigenvalue weighted by Crippen LogP contribution is -2.32. The monoisotopic (exact) mass is 342 g/mol. The summed E-state index contributed by atoms with van der Waals surface area (Å²) in [5.74, 6) is -0.891. The van der Waals surface area contributed by atoms with Crippen molar-refractivity contribution in [2.24, 2.45) is 0 Å². The van der Waals surface area contributed by atoms with Gasteiger partial charge in [-0.05, 0) is 25.1 Å². The van der Waals surface area contributed by atoms with Gasteiger partial charge in [-0.3, -0.25) is 15.5 Å². The van der Waals surface area contributed by atoms with Gasteiger partial charge in [0, 0.05) is 11.2 Å². The molecule has 0 spiro atoms. The normalized spacial score (nSPS) is 10.4. The molecular formula is C13H12Cl2N4O3. The minimum atomic E-state index is -0.928. The summed E-state index contributed by atoms with van der Waals surface area (Å²) in [7, 11) is 0. The van der Waals surface area contributed by atoms with E-state index in [1.807, 2.05) is 5.32 Å². The van der Waals surface area contributed by atoms with Crippen LogP contribution in [0.15, 0.2) is 30.0 Å². The van der Waals surface area contributed by atoms with Gasteiger partial charge in [-0.15, -0.1) is 0 Å². The molecule has 9 heteroatoms. The number of imide groups is 1. The number of rotatable bonds is 5. The molecule has 0 radical (unpaired) electrons. The number of carbonyl (C=O) groups excluding carboxylic acids is 2. The standard InChI is InChI=1S/C13H12Cl2N4O3/c1-2-22-13(21)18-12(20)8(6-16)7-17-19-11-4-3-9(14)5-10(11)15/h3-5,7,17,19H,2H2,1H3,(H,18,20,21)/b8-7+. The molecule has 2 amide bonds. The number of hydrazine groups is 1. The molecular weight excluding hydrogens is 331 g/mol. The first kappa shape index (κ1) is 17.6. The van der Waals surface area contributed by atoms with Gasteiger partial charge in [-0.2, -0.15) is 5.26 Å². The number of nitriles is 1. The molecule has 0 aliphatic rings. The molecule has 0 unspecified atom stereocenters. The Morgan fingerprint density at radius 1 is 1.41 bits per heavy atom. The van der Waals surface area contributed by atoms with E-state index < -0.39 is 12.0 Å². The number of hydrogen-bond donors (Lipinski definition) is 3. The van der Waals surface area contributed by atoms with Gasteiger partial charge >= 0.3 is 6.09 Å². The maximum absolute atomic E-state index is 11.6. The van der Waals surface area contributed by atoms with Gasteiger partial charge in [0.1, 0.15) is 11.6 Å². The van der Waals surface area contributed by atoms with Gasteiger partial charge < -0.3 is 10.2 Å². The van der Waals surface area contributed by atoms with Crippen molar-refractivity contribution in [1.82, 2.24) is 10.7 Å². The van der Waals surface area contributed by atoms with Crippen LogP contribution in [0.1, 0.15) is 6.92 Å². The summed E-state index contributed by atoms with van der Waals surface area (Å²) in [5.41, 5.74) is 5.36. The second kappa shape index (κ2) is 8.77. The zero-order valence-corrected chi connectivity index (χ0v) is 13.0. The molecule has 0 bridgehead atoms. The van der Waals surface area contributed by atoms with Crippen LogP contribution >= 0.6 is 23.2 Å². The van der Waals surface area contributed by atoms with Crippen LogP contribution in [0.4, 0.5) is 10.5 Å². The van der Waals surface area contributed by atoms with Gasteiger partial charge in [0.2, 0.25) is 0 Å². The average molecular weight is 343 g/mol. The van der Waals surface area contributed by atoms with Crippen LogP contribution in [0.25, 0.3) is 0 Å². The van der Waals surface area contributed by atoms with Crippen LogP contribution in [-0.2, 0) is 9.53 Å². The fraction of sp³-hybridized carbons (Fsp3) is 0.154. The van der Waals surface area contributed by atoms with Crippen molar-refractivity contribution in [2.45, 2.75) is 6.92 Å². The van der Waals surface area contributed by atoms with E-state index in [4.69, 9.17) is 28.5 Å². The molecule has 1 aromatic rings. The maximum atomic E-state index is 11.6. The van der Waals surface area contributed by atoms with E-state index in [0.717, 1.165) is 6.20 Å². The Balaban J connectivity index is 2.64. The maximum Gasteiger partial charge on any atom is 0.414 e. The van der Waals surface area contributed by atoms with Crippen LogP contribution in [-0.4, -0.2) is 18.6 Å². The van der Waals surface area contributed by atoms with Gasteiger partial charge in [0.25, 0.3) is 5.91 Å². The van der Waals surface area contributed by atoms with Crippen LogP contribution < -0.4 is 16.2 Å². The highest BCUT2D eigenvalue weighted by atomic mass is 35.5. The summed E-state index contributed by atoms with van der Waals surface area (Å²) < 4.78 is 4.53. The lowest BCUT2D eigenvalue weighted by molar-refractivity contribution is -0.116. The molecule has 0 saturated heterocycles. The number of ether oxygens (including phenoxy) is 1. The first-order chi connectivity index (χ1) is 10.5. The van der Waals surface area contributed by atoms with E-state index in [1.165, 1.54) is 6.07 Å². The number of benzene rings is 1. The highest BCUT2D eigenvalue weighted by molar-refractivity contribution is 6.36. The summed E-state index contributed by atoms with van der Waals surface area (Å²) in [5, 5.41) is 11.6. The van der Waals surface area contributed by atoms with E-state index in [-0.39, 0.29) is 12.2 Å². The first-order valence-electron chi connectivity index (χ1n) is 6.03. The molecule has 0 atom stereocenters. The third-order valence-corrected chi connectivity index (χ3v) is 2.76. The highest BCUT2D eigenvalue weighted by Crippen LogP contribution is 2.24. The third kappa shape index (κ3) is 5.52. The lowest BCUT2D eigenvalue weighted by atomic mass is 10.3. The quantitative estimate of drug-likeness (QED) is 0.431. The van der Waals surface area contributed by atoms with Gasteiger partial charge in [0.15, 0.2) is 0 Å². The number of nitrogens with zero attached hydrogens (tertiary/aromatic N) is 1. The number of alkyl carbamates (subject to hydrolysis) is 1. The smallest absolute Gasteiger partial charge is 0.414 e. The Morgan fingerprint density at radius 3 is 2.73 bits per heavy atom. The zero-order chi connectivity index (χ0) is 16.5. The van der Waals surface area contributed by atoms with Crippen molar-refractivity contribution in [3.63, 3.8) is 0 Å². The Bertz CT molecular complexity index is 641. The minimum Gasteiger partial charge on any atom is -0.450 e. The Hall–Kier alpha value is -2.43. The van der Waals surface area contributed by atoms with Crippen molar-refractivity contribution < 1.29 is 14.3 Å². The lowest BCUT2D eigenvalue weighted by Gasteiger charge is -2.08. The SMILES string of the molecule is CCOC(=O)NC(=O)/C(C#N)=C/NNc1ccc(Cl)cc1Cl. The minimum absolute atomic E-state index is 0.111. The van der Waals surface area contributed by atoms with Gasteiger partial charge in [-0.25, -0.2) is 4.79 Å². The number of halogens is 2. The fourth-order valence-corrected chi connectivity index (χ4v) is 1.71. The van der Waals surface area contributed by atoms with Gasteiger partial charge in [-0.1, -0.05) is 23.2 Å². The molecule has 22 heavy (non-hydrogen) atoms. The van der Waals surface area contributed by atoms with E-state index in [0.29, 0.717) is 15.7 Å². The predicted molar refractivity (Wildman–Crippen MR) is 82.1 cm³/mol. The van der Waals surface area contributed by atoms with Crippen LogP contribution in [0.3, 0.4) is 0 Å².